The second kappa shape index (κ2) is 7.01. The van der Waals surface area contributed by atoms with Crippen molar-refractivity contribution in [3.63, 3.8) is 0 Å². The number of aromatic nitrogens is 1. The molecule has 88 valence electrons. The van der Waals surface area contributed by atoms with Crippen molar-refractivity contribution in [1.29, 1.82) is 0 Å². The smallest absolute Gasteiger partial charge is 0.0501 e. The minimum atomic E-state index is 0.722. The van der Waals surface area contributed by atoms with Crippen LogP contribution in [0.5, 0.6) is 0 Å². The molecular formula is C13H21N3. The highest BCUT2D eigenvalue weighted by atomic mass is 15.1. The molecule has 0 amide bonds. The van der Waals surface area contributed by atoms with E-state index in [0.29, 0.717) is 0 Å². The zero-order valence-corrected chi connectivity index (χ0v) is 10.0. The molecular weight excluding hydrogens is 198 g/mol. The summed E-state index contributed by atoms with van der Waals surface area (Å²) in [6.07, 6.45) is 5.80. The van der Waals surface area contributed by atoms with Crippen LogP contribution in [0.1, 0.15) is 19.0 Å². The summed E-state index contributed by atoms with van der Waals surface area (Å²) in [5.74, 6) is 0. The van der Waals surface area contributed by atoms with Gasteiger partial charge in [-0.1, -0.05) is 13.0 Å². The zero-order valence-electron chi connectivity index (χ0n) is 10.0. The molecule has 0 aliphatic heterocycles. The van der Waals surface area contributed by atoms with E-state index in [0.717, 1.165) is 37.4 Å². The number of hydrogen-bond acceptors (Lipinski definition) is 3. The van der Waals surface area contributed by atoms with Crippen LogP contribution in [0.3, 0.4) is 0 Å². The van der Waals surface area contributed by atoms with Gasteiger partial charge in [0.1, 0.15) is 0 Å². The third-order valence-electron chi connectivity index (χ3n) is 2.46. The van der Waals surface area contributed by atoms with Gasteiger partial charge in [0.2, 0.25) is 0 Å². The minimum Gasteiger partial charge on any atom is -0.397 e. The van der Waals surface area contributed by atoms with Gasteiger partial charge in [-0.2, -0.15) is 0 Å². The molecule has 0 saturated heterocycles. The van der Waals surface area contributed by atoms with Crippen LogP contribution in [0, 0.1) is 0 Å². The Bertz CT molecular complexity index is 305. The Morgan fingerprint density at radius 3 is 2.81 bits per heavy atom. The van der Waals surface area contributed by atoms with Crippen LogP contribution in [0.25, 0.3) is 0 Å². The number of nitrogen functional groups attached to an aromatic ring is 1. The van der Waals surface area contributed by atoms with E-state index in [-0.39, 0.29) is 0 Å². The summed E-state index contributed by atoms with van der Waals surface area (Å²) in [6.45, 7) is 9.05. The number of hydrogen-bond donors (Lipinski definition) is 1. The predicted octanol–water partition coefficient (Wildman–Crippen LogP) is 2.10. The molecule has 3 heteroatoms. The molecule has 0 aliphatic rings. The maximum atomic E-state index is 5.59. The van der Waals surface area contributed by atoms with E-state index in [4.69, 9.17) is 5.73 Å². The van der Waals surface area contributed by atoms with Gasteiger partial charge in [-0.05, 0) is 25.1 Å². The fourth-order valence-corrected chi connectivity index (χ4v) is 1.65. The summed E-state index contributed by atoms with van der Waals surface area (Å²) in [5, 5.41) is 0. The molecule has 3 nitrogen and oxygen atoms in total. The number of anilines is 1. The van der Waals surface area contributed by atoms with Crippen LogP contribution in [0.15, 0.2) is 31.0 Å². The van der Waals surface area contributed by atoms with Crippen molar-refractivity contribution < 1.29 is 0 Å². The monoisotopic (exact) mass is 219 g/mol. The molecule has 1 aromatic rings. The highest BCUT2D eigenvalue weighted by Crippen LogP contribution is 2.03. The molecule has 0 spiro atoms. The molecule has 0 aromatic carbocycles. The molecule has 0 saturated carbocycles. The first-order chi connectivity index (χ1) is 7.76. The molecule has 0 unspecified atom stereocenters. The largest absolute Gasteiger partial charge is 0.397 e. The summed E-state index contributed by atoms with van der Waals surface area (Å²) < 4.78 is 0. The lowest BCUT2D eigenvalue weighted by atomic mass is 10.2. The van der Waals surface area contributed by atoms with E-state index in [1.807, 2.05) is 18.2 Å². The first-order valence-corrected chi connectivity index (χ1v) is 5.80. The molecule has 2 N–H and O–H groups in total. The maximum Gasteiger partial charge on any atom is 0.0501 e. The van der Waals surface area contributed by atoms with Gasteiger partial charge in [-0.3, -0.25) is 9.88 Å². The Morgan fingerprint density at radius 1 is 1.44 bits per heavy atom. The summed E-state index contributed by atoms with van der Waals surface area (Å²) in [6, 6.07) is 3.90. The summed E-state index contributed by atoms with van der Waals surface area (Å²) >= 11 is 0. The molecule has 0 bridgehead atoms. The molecule has 16 heavy (non-hydrogen) atoms. The van der Waals surface area contributed by atoms with Gasteiger partial charge < -0.3 is 5.73 Å². The lowest BCUT2D eigenvalue weighted by Gasteiger charge is -2.19. The number of nitrogens with zero attached hydrogens (tertiary/aromatic N) is 2. The topological polar surface area (TPSA) is 42.1 Å². The van der Waals surface area contributed by atoms with E-state index < -0.39 is 0 Å². The van der Waals surface area contributed by atoms with Crippen LogP contribution in [-0.4, -0.2) is 29.5 Å². The van der Waals surface area contributed by atoms with Gasteiger partial charge >= 0.3 is 0 Å². The van der Waals surface area contributed by atoms with Crippen molar-refractivity contribution in [2.24, 2.45) is 0 Å². The molecule has 0 atom stereocenters. The van der Waals surface area contributed by atoms with Crippen molar-refractivity contribution in [3.05, 3.63) is 36.7 Å². The quantitative estimate of drug-likeness (QED) is 0.714. The van der Waals surface area contributed by atoms with Crippen molar-refractivity contribution in [2.75, 3.05) is 25.4 Å². The average Bonchev–Trinajstić information content (AvgIpc) is 2.29. The third-order valence-corrected chi connectivity index (χ3v) is 2.46. The fraction of sp³-hybridized carbons (Fsp3) is 0.462. The molecule has 0 aliphatic carbocycles. The van der Waals surface area contributed by atoms with Gasteiger partial charge in [0.25, 0.3) is 0 Å². The van der Waals surface area contributed by atoms with Crippen LogP contribution in [-0.2, 0) is 6.42 Å². The second-order valence-corrected chi connectivity index (χ2v) is 3.92. The average molecular weight is 219 g/mol. The number of rotatable bonds is 7. The van der Waals surface area contributed by atoms with Gasteiger partial charge in [-0.15, -0.1) is 6.58 Å². The predicted molar refractivity (Wildman–Crippen MR) is 69.3 cm³/mol. The van der Waals surface area contributed by atoms with Gasteiger partial charge in [0.05, 0.1) is 11.9 Å². The fourth-order valence-electron chi connectivity index (χ4n) is 1.65. The van der Waals surface area contributed by atoms with Crippen LogP contribution < -0.4 is 5.73 Å². The van der Waals surface area contributed by atoms with E-state index >= 15 is 0 Å². The van der Waals surface area contributed by atoms with Crippen molar-refractivity contribution in [3.8, 4) is 0 Å². The molecule has 1 heterocycles. The van der Waals surface area contributed by atoms with E-state index in [2.05, 4.69) is 23.4 Å². The van der Waals surface area contributed by atoms with Gasteiger partial charge in [0, 0.05) is 25.2 Å². The van der Waals surface area contributed by atoms with Crippen molar-refractivity contribution >= 4 is 5.69 Å². The Labute approximate surface area is 98.0 Å². The van der Waals surface area contributed by atoms with E-state index in [9.17, 15) is 0 Å². The van der Waals surface area contributed by atoms with Crippen LogP contribution in [0.4, 0.5) is 5.69 Å². The third kappa shape index (κ3) is 4.45. The first-order valence-electron chi connectivity index (χ1n) is 5.80. The highest BCUT2D eigenvalue weighted by molar-refractivity contribution is 5.34. The SMILES string of the molecule is C=CCN(CCC)CCc1ccc(N)cn1. The Balaban J connectivity index is 2.41. The first kappa shape index (κ1) is 12.7. The highest BCUT2D eigenvalue weighted by Gasteiger charge is 2.02. The zero-order chi connectivity index (χ0) is 11.8. The van der Waals surface area contributed by atoms with Crippen molar-refractivity contribution in [2.45, 2.75) is 19.8 Å². The summed E-state index contributed by atoms with van der Waals surface area (Å²) in [4.78, 5) is 6.67. The summed E-state index contributed by atoms with van der Waals surface area (Å²) in [5.41, 5.74) is 7.41. The Morgan fingerprint density at radius 2 is 2.25 bits per heavy atom. The second-order valence-electron chi connectivity index (χ2n) is 3.92. The molecule has 0 fully saturated rings. The van der Waals surface area contributed by atoms with Crippen LogP contribution >= 0.6 is 0 Å². The maximum absolute atomic E-state index is 5.59. The Kier molecular flexibility index (Phi) is 5.57. The van der Waals surface area contributed by atoms with Crippen molar-refractivity contribution in [1.82, 2.24) is 9.88 Å². The lowest BCUT2D eigenvalue weighted by Crippen LogP contribution is -2.27. The minimum absolute atomic E-state index is 0.722. The number of pyridine rings is 1. The summed E-state index contributed by atoms with van der Waals surface area (Å²) in [7, 11) is 0. The van der Waals surface area contributed by atoms with Gasteiger partial charge in [0.15, 0.2) is 0 Å². The van der Waals surface area contributed by atoms with E-state index in [1.165, 1.54) is 6.42 Å². The normalized spacial score (nSPS) is 10.6. The van der Waals surface area contributed by atoms with E-state index in [1.54, 1.807) is 6.20 Å². The molecule has 1 rings (SSSR count). The number of nitrogens with two attached hydrogens (primary N) is 1. The molecule has 0 radical (unpaired) electrons. The Hall–Kier alpha value is -1.35. The molecule has 1 aromatic heterocycles. The lowest BCUT2D eigenvalue weighted by molar-refractivity contribution is 0.306. The van der Waals surface area contributed by atoms with Crippen LogP contribution in [0.2, 0.25) is 0 Å². The standard InChI is InChI=1S/C13H21N3/c1-3-8-16(9-4-2)10-7-13-6-5-12(14)11-15-13/h3,5-6,11H,1,4,7-10,14H2,2H3. The van der Waals surface area contributed by atoms with Gasteiger partial charge in [-0.25, -0.2) is 0 Å².